The second-order valence-corrected chi connectivity index (χ2v) is 7.70. The van der Waals surface area contributed by atoms with Gasteiger partial charge < -0.3 is 10.2 Å². The maximum atomic E-state index is 4.66. The van der Waals surface area contributed by atoms with E-state index in [0.717, 1.165) is 35.3 Å². The van der Waals surface area contributed by atoms with Crippen LogP contribution in [-0.4, -0.2) is 60.3 Å². The number of hydrogen-bond acceptors (Lipinski definition) is 6. The van der Waals surface area contributed by atoms with Crippen LogP contribution in [0.15, 0.2) is 43.0 Å². The highest BCUT2D eigenvalue weighted by atomic mass is 15.3. The Kier molecular flexibility index (Phi) is 4.20. The SMILES string of the molecule is CN(C)[C@H]1CC[C@H](Nc2ncc3c(-c4ccc5nccn5n4)ccn3n2)CC1. The highest BCUT2D eigenvalue weighted by Gasteiger charge is 2.23. The Balaban J connectivity index is 1.36. The predicted molar refractivity (Wildman–Crippen MR) is 108 cm³/mol. The van der Waals surface area contributed by atoms with Crippen molar-refractivity contribution in [1.29, 1.82) is 0 Å². The average Bonchev–Trinajstić information content (AvgIpc) is 3.34. The molecular weight excluding hydrogens is 352 g/mol. The number of imidazole rings is 1. The zero-order valence-electron chi connectivity index (χ0n) is 16.2. The van der Waals surface area contributed by atoms with E-state index < -0.39 is 0 Å². The lowest BCUT2D eigenvalue weighted by Gasteiger charge is -2.32. The van der Waals surface area contributed by atoms with E-state index in [1.165, 1.54) is 12.8 Å². The Labute approximate surface area is 163 Å². The Bertz CT molecular complexity index is 1100. The van der Waals surface area contributed by atoms with Crippen molar-refractivity contribution < 1.29 is 0 Å². The summed E-state index contributed by atoms with van der Waals surface area (Å²) in [6, 6.07) is 7.10. The number of anilines is 1. The molecule has 0 aliphatic heterocycles. The van der Waals surface area contributed by atoms with Gasteiger partial charge in [0, 0.05) is 36.2 Å². The first-order chi connectivity index (χ1) is 13.7. The van der Waals surface area contributed by atoms with E-state index in [0.29, 0.717) is 18.0 Å². The van der Waals surface area contributed by atoms with Crippen LogP contribution in [0.5, 0.6) is 0 Å². The van der Waals surface area contributed by atoms with Crippen molar-refractivity contribution in [2.24, 2.45) is 0 Å². The quantitative estimate of drug-likeness (QED) is 0.590. The first kappa shape index (κ1) is 17.1. The Morgan fingerprint density at radius 3 is 2.64 bits per heavy atom. The number of rotatable bonds is 4. The van der Waals surface area contributed by atoms with Crippen molar-refractivity contribution in [2.75, 3.05) is 19.4 Å². The molecule has 8 nitrogen and oxygen atoms in total. The molecule has 0 radical (unpaired) electrons. The van der Waals surface area contributed by atoms with Gasteiger partial charge in [-0.3, -0.25) is 0 Å². The van der Waals surface area contributed by atoms with Crippen LogP contribution in [0.1, 0.15) is 25.7 Å². The highest BCUT2D eigenvalue weighted by molar-refractivity contribution is 5.78. The molecular formula is C20H24N8. The Hall–Kier alpha value is -3.00. The third-order valence-corrected chi connectivity index (χ3v) is 5.71. The van der Waals surface area contributed by atoms with Crippen molar-refractivity contribution in [2.45, 2.75) is 37.8 Å². The molecule has 0 aromatic carbocycles. The molecule has 8 heteroatoms. The average molecular weight is 376 g/mol. The lowest BCUT2D eigenvalue weighted by molar-refractivity contribution is 0.221. The van der Waals surface area contributed by atoms with Gasteiger partial charge in [0.25, 0.3) is 0 Å². The Morgan fingerprint density at radius 2 is 1.82 bits per heavy atom. The zero-order valence-corrected chi connectivity index (χ0v) is 16.2. The summed E-state index contributed by atoms with van der Waals surface area (Å²) in [4.78, 5) is 11.1. The van der Waals surface area contributed by atoms with Crippen LogP contribution in [0, 0.1) is 0 Å². The fourth-order valence-electron chi connectivity index (χ4n) is 4.06. The summed E-state index contributed by atoms with van der Waals surface area (Å²) in [6.45, 7) is 0. The molecule has 4 aromatic rings. The molecule has 0 atom stereocenters. The monoisotopic (exact) mass is 376 g/mol. The number of nitrogens with one attached hydrogen (secondary N) is 1. The minimum Gasteiger partial charge on any atom is -0.350 e. The van der Waals surface area contributed by atoms with Gasteiger partial charge in [0.1, 0.15) is 0 Å². The van der Waals surface area contributed by atoms with Gasteiger partial charge in [-0.15, -0.1) is 5.10 Å². The van der Waals surface area contributed by atoms with E-state index in [2.05, 4.69) is 44.5 Å². The summed E-state index contributed by atoms with van der Waals surface area (Å²) in [5.74, 6) is 0.681. The second kappa shape index (κ2) is 6.87. The molecule has 0 bridgehead atoms. The normalized spacial score (nSPS) is 20.2. The van der Waals surface area contributed by atoms with Gasteiger partial charge >= 0.3 is 0 Å². The van der Waals surface area contributed by atoms with Gasteiger partial charge in [0.05, 0.1) is 17.4 Å². The van der Waals surface area contributed by atoms with Crippen LogP contribution < -0.4 is 5.32 Å². The molecule has 1 aliphatic carbocycles. The minimum absolute atomic E-state index is 0.439. The third kappa shape index (κ3) is 3.09. The maximum Gasteiger partial charge on any atom is 0.241 e. The van der Waals surface area contributed by atoms with Crippen molar-refractivity contribution in [1.82, 2.24) is 34.1 Å². The summed E-state index contributed by atoms with van der Waals surface area (Å²) in [5, 5.41) is 12.8. The molecule has 28 heavy (non-hydrogen) atoms. The van der Waals surface area contributed by atoms with Gasteiger partial charge in [-0.05, 0) is 58.0 Å². The molecule has 4 heterocycles. The fraction of sp³-hybridized carbons (Fsp3) is 0.400. The number of fused-ring (bicyclic) bond motifs is 2. The van der Waals surface area contributed by atoms with Crippen molar-refractivity contribution in [3.63, 3.8) is 0 Å². The molecule has 1 aliphatic rings. The van der Waals surface area contributed by atoms with Crippen LogP contribution in [0.2, 0.25) is 0 Å². The van der Waals surface area contributed by atoms with E-state index in [1.54, 1.807) is 10.7 Å². The van der Waals surface area contributed by atoms with Crippen molar-refractivity contribution in [3.8, 4) is 11.3 Å². The lowest BCUT2D eigenvalue weighted by Crippen LogP contribution is -2.36. The van der Waals surface area contributed by atoms with Gasteiger partial charge in [0.15, 0.2) is 5.65 Å². The topological polar surface area (TPSA) is 75.6 Å². The van der Waals surface area contributed by atoms with E-state index >= 15 is 0 Å². The second-order valence-electron chi connectivity index (χ2n) is 7.70. The predicted octanol–water partition coefficient (Wildman–Crippen LogP) is 2.72. The molecule has 0 saturated heterocycles. The first-order valence-corrected chi connectivity index (χ1v) is 9.75. The molecule has 0 spiro atoms. The van der Waals surface area contributed by atoms with Gasteiger partial charge in [0.2, 0.25) is 5.95 Å². The first-order valence-electron chi connectivity index (χ1n) is 9.75. The van der Waals surface area contributed by atoms with E-state index in [1.807, 2.05) is 41.3 Å². The number of hydrogen-bond donors (Lipinski definition) is 1. The van der Waals surface area contributed by atoms with Gasteiger partial charge in [-0.1, -0.05) is 0 Å². The third-order valence-electron chi connectivity index (χ3n) is 5.71. The van der Waals surface area contributed by atoms with E-state index in [-0.39, 0.29) is 0 Å². The van der Waals surface area contributed by atoms with Crippen LogP contribution in [0.3, 0.4) is 0 Å². The van der Waals surface area contributed by atoms with Crippen LogP contribution >= 0.6 is 0 Å². The maximum absolute atomic E-state index is 4.66. The molecule has 1 N–H and O–H groups in total. The molecule has 1 fully saturated rings. The van der Waals surface area contributed by atoms with Crippen LogP contribution in [0.25, 0.3) is 22.4 Å². The summed E-state index contributed by atoms with van der Waals surface area (Å²) in [5.41, 5.74) is 3.65. The van der Waals surface area contributed by atoms with Crippen molar-refractivity contribution >= 4 is 17.1 Å². The van der Waals surface area contributed by atoms with Crippen LogP contribution in [-0.2, 0) is 0 Å². The van der Waals surface area contributed by atoms with Gasteiger partial charge in [-0.2, -0.15) is 5.10 Å². The highest BCUT2D eigenvalue weighted by Crippen LogP contribution is 2.25. The molecule has 0 unspecified atom stereocenters. The lowest BCUT2D eigenvalue weighted by atomic mass is 9.91. The minimum atomic E-state index is 0.439. The summed E-state index contributed by atoms with van der Waals surface area (Å²) in [6.07, 6.45) is 12.1. The largest absolute Gasteiger partial charge is 0.350 e. The summed E-state index contributed by atoms with van der Waals surface area (Å²) in [7, 11) is 4.33. The number of aromatic nitrogens is 6. The molecule has 1 saturated carbocycles. The summed E-state index contributed by atoms with van der Waals surface area (Å²) < 4.78 is 3.65. The smallest absolute Gasteiger partial charge is 0.241 e. The van der Waals surface area contributed by atoms with Crippen molar-refractivity contribution in [3.05, 3.63) is 43.0 Å². The van der Waals surface area contributed by atoms with Crippen LogP contribution in [0.4, 0.5) is 5.95 Å². The fourth-order valence-corrected chi connectivity index (χ4v) is 4.06. The molecule has 144 valence electrons. The summed E-state index contributed by atoms with van der Waals surface area (Å²) >= 11 is 0. The van der Waals surface area contributed by atoms with Gasteiger partial charge in [-0.25, -0.2) is 19.0 Å². The van der Waals surface area contributed by atoms with E-state index in [9.17, 15) is 0 Å². The van der Waals surface area contributed by atoms with E-state index in [4.69, 9.17) is 0 Å². The zero-order chi connectivity index (χ0) is 19.1. The Morgan fingerprint density at radius 1 is 0.964 bits per heavy atom. The molecule has 5 rings (SSSR count). The number of nitrogens with zero attached hydrogens (tertiary/aromatic N) is 7. The molecule has 4 aromatic heterocycles. The standard InChI is InChI=1S/C20H24N8/c1-26(2)15-5-3-14(4-6-15)23-20-22-13-18-16(9-11-27(18)25-20)17-7-8-19-21-10-12-28(19)24-17/h7-15H,3-6H2,1-2H3,(H,23,25)/t14-,15-. The molecule has 0 amide bonds.